The Bertz CT molecular complexity index is 3390. The van der Waals surface area contributed by atoms with Gasteiger partial charge in [-0.2, -0.15) is 0 Å². The van der Waals surface area contributed by atoms with E-state index in [0.29, 0.717) is 0 Å². The molecule has 4 nitrogen and oxygen atoms in total. The molecule has 0 aliphatic rings. The monoisotopic (exact) mass is 660 g/mol. The van der Waals surface area contributed by atoms with Crippen LogP contribution in [0.3, 0.4) is 0 Å². The lowest BCUT2D eigenvalue weighted by atomic mass is 9.95. The quantitative estimate of drug-likeness (QED) is 0.177. The van der Waals surface area contributed by atoms with Crippen molar-refractivity contribution in [3.8, 4) is 28.2 Å². The van der Waals surface area contributed by atoms with Gasteiger partial charge < -0.3 is 4.40 Å². The van der Waals surface area contributed by atoms with Crippen LogP contribution < -0.4 is 0 Å². The fourth-order valence-corrected chi connectivity index (χ4v) is 8.88. The van der Waals surface area contributed by atoms with Gasteiger partial charge >= 0.3 is 0 Å². The Hall–Kier alpha value is -7.04. The molecule has 0 saturated heterocycles. The Morgan fingerprint density at radius 3 is 1.90 bits per heavy atom. The van der Waals surface area contributed by atoms with Crippen LogP contribution in [-0.4, -0.2) is 18.9 Å². The number of fused-ring (bicyclic) bond motifs is 8. The molecule has 240 valence electrons. The minimum Gasteiger partial charge on any atom is -0.308 e. The molecule has 0 spiro atoms. The van der Waals surface area contributed by atoms with Gasteiger partial charge in [0, 0.05) is 43.3 Å². The van der Waals surface area contributed by atoms with Crippen LogP contribution in [0.2, 0.25) is 0 Å². The summed E-state index contributed by atoms with van der Waals surface area (Å²) in [6.07, 6.45) is 0. The molecule has 0 N–H and O–H groups in total. The van der Waals surface area contributed by atoms with Gasteiger partial charge in [-0.15, -0.1) is 0 Å². The van der Waals surface area contributed by atoms with Crippen molar-refractivity contribution in [3.05, 3.63) is 170 Å². The van der Waals surface area contributed by atoms with E-state index in [-0.39, 0.29) is 0 Å². The van der Waals surface area contributed by atoms with Crippen molar-refractivity contribution in [2.24, 2.45) is 0 Å². The van der Waals surface area contributed by atoms with Gasteiger partial charge in [-0.05, 0) is 46.8 Å². The molecule has 12 rings (SSSR count). The van der Waals surface area contributed by atoms with Crippen LogP contribution >= 0.6 is 0 Å². The lowest BCUT2D eigenvalue weighted by Crippen LogP contribution is -2.04. The molecule has 0 saturated carbocycles. The van der Waals surface area contributed by atoms with Crippen molar-refractivity contribution in [1.82, 2.24) is 18.9 Å². The minimum absolute atomic E-state index is 0.820. The summed E-state index contributed by atoms with van der Waals surface area (Å²) in [7, 11) is 0. The maximum absolute atomic E-state index is 5.54. The molecule has 0 aliphatic heterocycles. The first kappa shape index (κ1) is 27.7. The first-order chi connectivity index (χ1) is 25.8. The molecule has 4 heterocycles. The highest BCUT2D eigenvalue weighted by molar-refractivity contribution is 6.33. The Kier molecular flexibility index (Phi) is 5.47. The smallest absolute Gasteiger partial charge is 0.165 e. The van der Waals surface area contributed by atoms with E-state index in [0.717, 1.165) is 49.9 Å². The average molecular weight is 661 g/mol. The number of rotatable bonds is 3. The van der Waals surface area contributed by atoms with E-state index in [1.54, 1.807) is 0 Å². The Morgan fingerprint density at radius 1 is 0.385 bits per heavy atom. The largest absolute Gasteiger partial charge is 0.308 e. The molecule has 0 fully saturated rings. The molecular weight excluding hydrogens is 633 g/mol. The zero-order valence-electron chi connectivity index (χ0n) is 28.0. The number of hydrogen-bond acceptors (Lipinski definition) is 2. The first-order valence-electron chi connectivity index (χ1n) is 17.8. The van der Waals surface area contributed by atoms with Gasteiger partial charge in [-0.1, -0.05) is 140 Å². The van der Waals surface area contributed by atoms with Crippen LogP contribution in [0.4, 0.5) is 0 Å². The van der Waals surface area contributed by atoms with Crippen LogP contribution in [0.15, 0.2) is 170 Å². The predicted octanol–water partition coefficient (Wildman–Crippen LogP) is 12.4. The summed E-state index contributed by atoms with van der Waals surface area (Å²) in [5.74, 6) is 0.820. The van der Waals surface area contributed by atoms with Crippen molar-refractivity contribution in [2.45, 2.75) is 0 Å². The highest BCUT2D eigenvalue weighted by Gasteiger charge is 2.26. The number of para-hydroxylation sites is 2. The average Bonchev–Trinajstić information content (AvgIpc) is 3.69. The summed E-state index contributed by atoms with van der Waals surface area (Å²) in [5.41, 5.74) is 11.9. The number of hydrogen-bond donors (Lipinski definition) is 0. The summed E-state index contributed by atoms with van der Waals surface area (Å²) in [6.45, 7) is 0. The standard InChI is InChI=1S/C48H28N4/c1-3-13-29(14-4-1)32-26-28-41-44-42(32)36-21-11-20-35-34-19-9-10-22-38(34)51(47(35)36)39-23-12-24-40(43(39)44)52(41)48-45(31-16-5-2-6-17-31)50-46-33-18-8-7-15-30(33)25-27-37(46)49-48/h1-28H. The SMILES string of the molecule is c1ccc(-c2nc3c(ccc4ccccc43)nc2-n2c3ccc(-c4ccccc4)c4c5cccc6c7ccccc7n(c7cccc2c7c43)c65)cc1. The van der Waals surface area contributed by atoms with Crippen LogP contribution in [0.25, 0.3) is 110 Å². The number of nitrogens with zero attached hydrogens (tertiary/aromatic N) is 4. The summed E-state index contributed by atoms with van der Waals surface area (Å²) in [6, 6.07) is 61.0. The first-order valence-corrected chi connectivity index (χ1v) is 17.8. The third kappa shape index (κ3) is 3.60. The van der Waals surface area contributed by atoms with Crippen molar-refractivity contribution < 1.29 is 0 Å². The van der Waals surface area contributed by atoms with Gasteiger partial charge in [0.1, 0.15) is 5.69 Å². The van der Waals surface area contributed by atoms with E-state index in [2.05, 4.69) is 179 Å². The zero-order valence-corrected chi connectivity index (χ0v) is 28.0. The van der Waals surface area contributed by atoms with E-state index in [1.165, 1.54) is 60.0 Å². The maximum Gasteiger partial charge on any atom is 0.165 e. The molecule has 12 aromatic rings. The molecule has 8 aromatic carbocycles. The van der Waals surface area contributed by atoms with Gasteiger partial charge in [0.15, 0.2) is 5.82 Å². The Labute approximate surface area is 297 Å². The van der Waals surface area contributed by atoms with Gasteiger partial charge in [0.25, 0.3) is 0 Å². The predicted molar refractivity (Wildman–Crippen MR) is 217 cm³/mol. The zero-order chi connectivity index (χ0) is 33.9. The summed E-state index contributed by atoms with van der Waals surface area (Å²) < 4.78 is 4.87. The summed E-state index contributed by atoms with van der Waals surface area (Å²) in [4.78, 5) is 11.0. The lowest BCUT2D eigenvalue weighted by Gasteiger charge is -2.15. The van der Waals surface area contributed by atoms with Crippen LogP contribution in [0.1, 0.15) is 0 Å². The van der Waals surface area contributed by atoms with Crippen molar-refractivity contribution in [3.63, 3.8) is 0 Å². The molecule has 4 aromatic heterocycles. The van der Waals surface area contributed by atoms with Crippen molar-refractivity contribution >= 4 is 81.7 Å². The third-order valence-electron chi connectivity index (χ3n) is 11.0. The number of benzene rings is 8. The van der Waals surface area contributed by atoms with Crippen LogP contribution in [0.5, 0.6) is 0 Å². The van der Waals surface area contributed by atoms with E-state index in [9.17, 15) is 0 Å². The second kappa shape index (κ2) is 10.3. The molecule has 0 aliphatic carbocycles. The topological polar surface area (TPSA) is 35.1 Å². The van der Waals surface area contributed by atoms with Crippen molar-refractivity contribution in [1.29, 1.82) is 0 Å². The molecule has 4 heteroatoms. The van der Waals surface area contributed by atoms with E-state index in [1.807, 2.05) is 0 Å². The highest BCUT2D eigenvalue weighted by Crippen LogP contribution is 2.47. The molecule has 0 bridgehead atoms. The second-order valence-electron chi connectivity index (χ2n) is 13.7. The number of aromatic nitrogens is 4. The van der Waals surface area contributed by atoms with E-state index < -0.39 is 0 Å². The normalized spacial score (nSPS) is 12.2. The molecule has 0 amide bonds. The van der Waals surface area contributed by atoms with Crippen molar-refractivity contribution in [2.75, 3.05) is 0 Å². The van der Waals surface area contributed by atoms with Crippen LogP contribution in [0, 0.1) is 0 Å². The molecule has 52 heavy (non-hydrogen) atoms. The van der Waals surface area contributed by atoms with Gasteiger partial charge in [-0.3, -0.25) is 4.57 Å². The molecule has 0 unspecified atom stereocenters. The molecular formula is C48H28N4. The Balaban J connectivity index is 1.34. The van der Waals surface area contributed by atoms with Gasteiger partial charge in [-0.25, -0.2) is 9.97 Å². The van der Waals surface area contributed by atoms with Crippen LogP contribution in [-0.2, 0) is 0 Å². The van der Waals surface area contributed by atoms with Gasteiger partial charge in [0.2, 0.25) is 0 Å². The fourth-order valence-electron chi connectivity index (χ4n) is 8.88. The lowest BCUT2D eigenvalue weighted by molar-refractivity contribution is 1.08. The highest BCUT2D eigenvalue weighted by atomic mass is 15.1. The summed E-state index contributed by atoms with van der Waals surface area (Å²) >= 11 is 0. The molecule has 0 atom stereocenters. The third-order valence-corrected chi connectivity index (χ3v) is 11.0. The van der Waals surface area contributed by atoms with Gasteiger partial charge in [0.05, 0.1) is 38.6 Å². The summed E-state index contributed by atoms with van der Waals surface area (Å²) in [5, 5.41) is 9.69. The molecule has 0 radical (unpaired) electrons. The fraction of sp³-hybridized carbons (Fsp3) is 0. The van der Waals surface area contributed by atoms with E-state index in [4.69, 9.17) is 9.97 Å². The Morgan fingerprint density at radius 2 is 1.04 bits per heavy atom. The second-order valence-corrected chi connectivity index (χ2v) is 13.7. The minimum atomic E-state index is 0.820. The maximum atomic E-state index is 5.54. The van der Waals surface area contributed by atoms with E-state index >= 15 is 0 Å².